The molecule has 1 spiro atoms. The van der Waals surface area contributed by atoms with E-state index in [0.717, 1.165) is 16.0 Å². The lowest BCUT2D eigenvalue weighted by molar-refractivity contribution is -0.135. The minimum atomic E-state index is -1.10. The first kappa shape index (κ1) is 16.0. The van der Waals surface area contributed by atoms with E-state index in [2.05, 4.69) is 16.0 Å². The van der Waals surface area contributed by atoms with Crippen LogP contribution in [0.3, 0.4) is 0 Å². The molecule has 1 aliphatic carbocycles. The normalized spacial score (nSPS) is 21.6. The molecule has 1 saturated heterocycles. The first-order valence-electron chi connectivity index (χ1n) is 7.78. The molecule has 0 aromatic heterocycles. The SMILES string of the molecule is CCNC(=O)NC(=O)CN1C(=O)N[C@]2(CCc3ccccc32)C1=O. The Morgan fingerprint density at radius 2 is 2.04 bits per heavy atom. The van der Waals surface area contributed by atoms with Crippen molar-refractivity contribution in [2.45, 2.75) is 25.3 Å². The van der Waals surface area contributed by atoms with Crippen LogP contribution < -0.4 is 16.0 Å². The monoisotopic (exact) mass is 330 g/mol. The second kappa shape index (κ2) is 5.95. The number of rotatable bonds is 3. The summed E-state index contributed by atoms with van der Waals surface area (Å²) in [5.74, 6) is -1.17. The number of imide groups is 2. The largest absolute Gasteiger partial charge is 0.338 e. The molecule has 1 heterocycles. The summed E-state index contributed by atoms with van der Waals surface area (Å²) in [6.07, 6.45) is 1.15. The molecule has 8 heteroatoms. The highest BCUT2D eigenvalue weighted by atomic mass is 16.2. The van der Waals surface area contributed by atoms with Crippen LogP contribution in [0.5, 0.6) is 0 Å². The third-order valence-corrected chi connectivity index (χ3v) is 4.31. The minimum Gasteiger partial charge on any atom is -0.338 e. The Kier molecular flexibility index (Phi) is 3.96. The number of fused-ring (bicyclic) bond motifs is 2. The molecular formula is C16H18N4O4. The number of aryl methyl sites for hydroxylation is 1. The molecule has 2 aliphatic rings. The molecular weight excluding hydrogens is 312 g/mol. The van der Waals surface area contributed by atoms with Gasteiger partial charge in [0.05, 0.1) is 0 Å². The van der Waals surface area contributed by atoms with Crippen molar-refractivity contribution in [1.82, 2.24) is 20.9 Å². The molecule has 1 aromatic carbocycles. The van der Waals surface area contributed by atoms with Gasteiger partial charge in [0.25, 0.3) is 5.91 Å². The van der Waals surface area contributed by atoms with Gasteiger partial charge in [-0.15, -0.1) is 0 Å². The smallest absolute Gasteiger partial charge is 0.325 e. The summed E-state index contributed by atoms with van der Waals surface area (Å²) in [5.41, 5.74) is 0.689. The number of hydrogen-bond acceptors (Lipinski definition) is 4. The molecule has 0 radical (unpaired) electrons. The van der Waals surface area contributed by atoms with Gasteiger partial charge < -0.3 is 10.6 Å². The molecule has 8 nitrogen and oxygen atoms in total. The third kappa shape index (κ3) is 2.49. The fourth-order valence-corrected chi connectivity index (χ4v) is 3.25. The molecule has 1 aliphatic heterocycles. The maximum Gasteiger partial charge on any atom is 0.325 e. The maximum absolute atomic E-state index is 12.8. The van der Waals surface area contributed by atoms with E-state index < -0.39 is 36.0 Å². The van der Waals surface area contributed by atoms with Crippen molar-refractivity contribution < 1.29 is 19.2 Å². The summed E-state index contributed by atoms with van der Waals surface area (Å²) in [4.78, 5) is 49.1. The van der Waals surface area contributed by atoms with Crippen molar-refractivity contribution in [3.05, 3.63) is 35.4 Å². The van der Waals surface area contributed by atoms with Gasteiger partial charge >= 0.3 is 12.1 Å². The quantitative estimate of drug-likeness (QED) is 0.689. The highest BCUT2D eigenvalue weighted by Crippen LogP contribution is 2.41. The van der Waals surface area contributed by atoms with E-state index in [0.29, 0.717) is 19.4 Å². The third-order valence-electron chi connectivity index (χ3n) is 4.31. The van der Waals surface area contributed by atoms with Crippen LogP contribution in [0.1, 0.15) is 24.5 Å². The molecule has 0 unspecified atom stereocenters. The Hall–Kier alpha value is -2.90. The lowest BCUT2D eigenvalue weighted by Crippen LogP contribution is -2.47. The maximum atomic E-state index is 12.8. The van der Waals surface area contributed by atoms with Crippen molar-refractivity contribution in [3.63, 3.8) is 0 Å². The van der Waals surface area contributed by atoms with Gasteiger partial charge in [-0.2, -0.15) is 0 Å². The Morgan fingerprint density at radius 1 is 1.29 bits per heavy atom. The van der Waals surface area contributed by atoms with Crippen LogP contribution in [0, 0.1) is 0 Å². The van der Waals surface area contributed by atoms with E-state index >= 15 is 0 Å². The molecule has 0 bridgehead atoms. The number of carbonyl (C=O) groups is 4. The number of carbonyl (C=O) groups excluding carboxylic acids is 4. The highest BCUT2D eigenvalue weighted by molar-refractivity contribution is 6.10. The van der Waals surface area contributed by atoms with Crippen molar-refractivity contribution in [3.8, 4) is 0 Å². The van der Waals surface area contributed by atoms with Crippen LogP contribution in [0.25, 0.3) is 0 Å². The first-order chi connectivity index (χ1) is 11.5. The molecule has 3 N–H and O–H groups in total. The second-order valence-electron chi connectivity index (χ2n) is 5.79. The van der Waals surface area contributed by atoms with Crippen molar-refractivity contribution >= 4 is 23.9 Å². The van der Waals surface area contributed by atoms with Crippen LogP contribution in [-0.4, -0.2) is 41.9 Å². The highest BCUT2D eigenvalue weighted by Gasteiger charge is 2.55. The molecule has 0 saturated carbocycles. The summed E-state index contributed by atoms with van der Waals surface area (Å²) < 4.78 is 0. The topological polar surface area (TPSA) is 108 Å². The molecule has 1 aromatic rings. The van der Waals surface area contributed by atoms with Crippen LogP contribution in [0.4, 0.5) is 9.59 Å². The van der Waals surface area contributed by atoms with Gasteiger partial charge in [-0.05, 0) is 30.9 Å². The lowest BCUT2D eigenvalue weighted by atomic mass is 9.92. The average molecular weight is 330 g/mol. The summed E-state index contributed by atoms with van der Waals surface area (Å²) in [7, 11) is 0. The number of nitrogens with zero attached hydrogens (tertiary/aromatic N) is 1. The van der Waals surface area contributed by atoms with Crippen molar-refractivity contribution in [2.75, 3.05) is 13.1 Å². The van der Waals surface area contributed by atoms with Crippen LogP contribution >= 0.6 is 0 Å². The van der Waals surface area contributed by atoms with Gasteiger partial charge in [-0.25, -0.2) is 9.59 Å². The van der Waals surface area contributed by atoms with E-state index in [1.165, 1.54) is 0 Å². The summed E-state index contributed by atoms with van der Waals surface area (Å²) >= 11 is 0. The predicted molar refractivity (Wildman–Crippen MR) is 83.9 cm³/mol. The van der Waals surface area contributed by atoms with E-state index in [1.54, 1.807) is 6.92 Å². The van der Waals surface area contributed by atoms with E-state index in [1.807, 2.05) is 24.3 Å². The van der Waals surface area contributed by atoms with Gasteiger partial charge in [0.1, 0.15) is 12.1 Å². The zero-order valence-electron chi connectivity index (χ0n) is 13.2. The number of amides is 6. The van der Waals surface area contributed by atoms with Gasteiger partial charge in [-0.3, -0.25) is 19.8 Å². The molecule has 1 atom stereocenters. The van der Waals surface area contributed by atoms with Crippen molar-refractivity contribution in [1.29, 1.82) is 0 Å². The van der Waals surface area contributed by atoms with E-state index in [-0.39, 0.29) is 0 Å². The Bertz CT molecular complexity index is 733. The zero-order valence-corrected chi connectivity index (χ0v) is 13.2. The van der Waals surface area contributed by atoms with Crippen molar-refractivity contribution in [2.24, 2.45) is 0 Å². The fraction of sp³-hybridized carbons (Fsp3) is 0.375. The summed E-state index contributed by atoms with van der Waals surface area (Å²) in [6, 6.07) is 6.16. The second-order valence-corrected chi connectivity index (χ2v) is 5.79. The van der Waals surface area contributed by atoms with E-state index in [4.69, 9.17) is 0 Å². The summed E-state index contributed by atoms with van der Waals surface area (Å²) in [5, 5.41) is 7.22. The standard InChI is InChI=1S/C16H18N4O4/c1-2-17-14(23)18-12(21)9-20-13(22)16(19-15(20)24)8-7-10-5-3-4-6-11(10)16/h3-6H,2,7-9H2,1H3,(H,19,24)(H2,17,18,21,23)/t16-/m0/s1. The molecule has 6 amide bonds. The number of hydrogen-bond donors (Lipinski definition) is 3. The lowest BCUT2D eigenvalue weighted by Gasteiger charge is -2.22. The molecule has 1 fully saturated rings. The first-order valence-corrected chi connectivity index (χ1v) is 7.78. The minimum absolute atomic E-state index is 0.363. The van der Waals surface area contributed by atoms with Gasteiger partial charge in [0, 0.05) is 6.54 Å². The number of benzene rings is 1. The van der Waals surface area contributed by atoms with Crippen LogP contribution in [0.15, 0.2) is 24.3 Å². The van der Waals surface area contributed by atoms with E-state index in [9.17, 15) is 19.2 Å². The zero-order chi connectivity index (χ0) is 17.3. The fourth-order valence-electron chi connectivity index (χ4n) is 3.25. The van der Waals surface area contributed by atoms with Gasteiger partial charge in [0.15, 0.2) is 0 Å². The molecule has 126 valence electrons. The van der Waals surface area contributed by atoms with Crippen LogP contribution in [0.2, 0.25) is 0 Å². The number of urea groups is 2. The Morgan fingerprint density at radius 3 is 2.79 bits per heavy atom. The summed E-state index contributed by atoms with van der Waals surface area (Å²) in [6.45, 7) is 1.58. The van der Waals surface area contributed by atoms with Crippen LogP contribution in [-0.2, 0) is 21.5 Å². The Balaban J connectivity index is 1.76. The average Bonchev–Trinajstić information content (AvgIpc) is 3.02. The predicted octanol–water partition coefficient (Wildman–Crippen LogP) is 0.226. The Labute approximate surface area is 138 Å². The van der Waals surface area contributed by atoms with Gasteiger partial charge in [-0.1, -0.05) is 24.3 Å². The van der Waals surface area contributed by atoms with Gasteiger partial charge in [0.2, 0.25) is 5.91 Å². The molecule has 3 rings (SSSR count). The number of nitrogens with one attached hydrogen (secondary N) is 3. The molecule has 24 heavy (non-hydrogen) atoms.